The van der Waals surface area contributed by atoms with Gasteiger partial charge in [-0.1, -0.05) is 35.9 Å². The minimum Gasteiger partial charge on any atom is -0.495 e. The number of hydrogen-bond donors (Lipinski definition) is 1. The van der Waals surface area contributed by atoms with Gasteiger partial charge in [-0.25, -0.2) is 0 Å². The fourth-order valence-electron chi connectivity index (χ4n) is 2.80. The number of anilines is 1. The van der Waals surface area contributed by atoms with Crippen LogP contribution in [0.3, 0.4) is 0 Å². The van der Waals surface area contributed by atoms with E-state index in [0.29, 0.717) is 38.0 Å². The molecule has 140 valence electrons. The van der Waals surface area contributed by atoms with Crippen molar-refractivity contribution in [1.82, 2.24) is 0 Å². The zero-order chi connectivity index (χ0) is 19.6. The molecule has 0 saturated carbocycles. The summed E-state index contributed by atoms with van der Waals surface area (Å²) in [6, 6.07) is 12.7. The van der Waals surface area contributed by atoms with Gasteiger partial charge in [-0.2, -0.15) is 0 Å². The van der Waals surface area contributed by atoms with Gasteiger partial charge in [-0.3, -0.25) is 4.79 Å². The van der Waals surface area contributed by atoms with Gasteiger partial charge in [-0.05, 0) is 32.8 Å². The summed E-state index contributed by atoms with van der Waals surface area (Å²) in [6.07, 6.45) is 0. The van der Waals surface area contributed by atoms with Crippen LogP contribution in [0.25, 0.3) is 10.8 Å². The highest BCUT2D eigenvalue weighted by molar-refractivity contribution is 9.10. The second-order valence-corrected chi connectivity index (χ2v) is 6.83. The predicted octanol–water partition coefficient (Wildman–Crippen LogP) is 5.53. The topological polar surface area (TPSA) is 56.8 Å². The molecule has 0 aromatic heterocycles. The fourth-order valence-corrected chi connectivity index (χ4v) is 3.77. The molecule has 0 unspecified atom stereocenters. The second-order valence-electron chi connectivity index (χ2n) is 5.63. The van der Waals surface area contributed by atoms with Gasteiger partial charge in [0.25, 0.3) is 5.91 Å². The smallest absolute Gasteiger partial charge is 0.259 e. The van der Waals surface area contributed by atoms with Crippen LogP contribution in [0.2, 0.25) is 5.02 Å². The summed E-state index contributed by atoms with van der Waals surface area (Å²) in [7, 11) is 4.53. The van der Waals surface area contributed by atoms with Crippen molar-refractivity contribution in [3.05, 3.63) is 57.5 Å². The number of nitrogens with one attached hydrogen (secondary N) is 1. The number of methoxy groups -OCH3 is 3. The van der Waals surface area contributed by atoms with Gasteiger partial charge in [0.15, 0.2) is 0 Å². The summed E-state index contributed by atoms with van der Waals surface area (Å²) in [5, 5.41) is 5.10. The molecule has 3 aromatic rings. The molecule has 0 saturated heterocycles. The lowest BCUT2D eigenvalue weighted by Crippen LogP contribution is -2.14. The van der Waals surface area contributed by atoms with Crippen molar-refractivity contribution in [3.8, 4) is 17.2 Å². The molecular formula is C20H17BrClNO4. The molecule has 0 heterocycles. The molecule has 0 aliphatic rings. The molecule has 0 aliphatic heterocycles. The van der Waals surface area contributed by atoms with Crippen LogP contribution in [0.1, 0.15) is 10.4 Å². The van der Waals surface area contributed by atoms with E-state index in [-0.39, 0.29) is 5.91 Å². The average Bonchev–Trinajstić information content (AvgIpc) is 2.68. The first kappa shape index (κ1) is 19.3. The van der Waals surface area contributed by atoms with Crippen LogP contribution in [-0.4, -0.2) is 27.2 Å². The summed E-state index contributed by atoms with van der Waals surface area (Å²) in [5.74, 6) is 0.958. The van der Waals surface area contributed by atoms with Gasteiger partial charge in [0, 0.05) is 12.1 Å². The Morgan fingerprint density at radius 2 is 1.70 bits per heavy atom. The number of halogens is 2. The van der Waals surface area contributed by atoms with Crippen LogP contribution in [0.15, 0.2) is 46.9 Å². The molecule has 0 aliphatic carbocycles. The fraction of sp³-hybridized carbons (Fsp3) is 0.150. The molecule has 1 amide bonds. The molecule has 7 heteroatoms. The molecule has 3 rings (SSSR count). The number of amides is 1. The molecule has 1 N–H and O–H groups in total. The number of benzene rings is 3. The Balaban J connectivity index is 2.07. The van der Waals surface area contributed by atoms with Crippen molar-refractivity contribution in [2.75, 3.05) is 26.6 Å². The quantitative estimate of drug-likeness (QED) is 0.555. The zero-order valence-electron chi connectivity index (χ0n) is 14.9. The van der Waals surface area contributed by atoms with E-state index in [2.05, 4.69) is 21.2 Å². The Morgan fingerprint density at radius 3 is 2.37 bits per heavy atom. The van der Waals surface area contributed by atoms with Gasteiger partial charge in [-0.15, -0.1) is 0 Å². The van der Waals surface area contributed by atoms with Crippen molar-refractivity contribution in [2.45, 2.75) is 0 Å². The monoisotopic (exact) mass is 449 g/mol. The van der Waals surface area contributed by atoms with E-state index in [1.165, 1.54) is 21.3 Å². The van der Waals surface area contributed by atoms with Crippen molar-refractivity contribution >= 4 is 49.9 Å². The Bertz CT molecular complexity index is 1020. The van der Waals surface area contributed by atoms with Crippen LogP contribution >= 0.6 is 27.5 Å². The Hall–Kier alpha value is -2.44. The molecule has 0 fully saturated rings. The number of carbonyl (C=O) groups excluding carboxylic acids is 1. The lowest BCUT2D eigenvalue weighted by molar-refractivity contribution is 0.102. The first-order valence-electron chi connectivity index (χ1n) is 7.98. The first-order valence-corrected chi connectivity index (χ1v) is 9.15. The van der Waals surface area contributed by atoms with Crippen LogP contribution in [0, 0.1) is 0 Å². The third-order valence-electron chi connectivity index (χ3n) is 4.11. The SMILES string of the molecule is COc1cc(NC(=O)c2cc3ccccc3c(Br)c2OC)c(OC)cc1Cl. The zero-order valence-corrected chi connectivity index (χ0v) is 17.3. The van der Waals surface area contributed by atoms with Gasteiger partial charge >= 0.3 is 0 Å². The maximum absolute atomic E-state index is 13.0. The maximum Gasteiger partial charge on any atom is 0.259 e. The molecule has 0 radical (unpaired) electrons. The van der Waals surface area contributed by atoms with Gasteiger partial charge < -0.3 is 19.5 Å². The van der Waals surface area contributed by atoms with E-state index in [9.17, 15) is 4.79 Å². The van der Waals surface area contributed by atoms with Crippen molar-refractivity contribution in [2.24, 2.45) is 0 Å². The molecular weight excluding hydrogens is 434 g/mol. The van der Waals surface area contributed by atoms with Crippen LogP contribution in [0.4, 0.5) is 5.69 Å². The molecule has 0 bridgehead atoms. The van der Waals surface area contributed by atoms with Crippen LogP contribution in [0.5, 0.6) is 17.2 Å². The van der Waals surface area contributed by atoms with E-state index in [1.807, 2.05) is 24.3 Å². The summed E-state index contributed by atoms with van der Waals surface area (Å²) in [4.78, 5) is 13.0. The van der Waals surface area contributed by atoms with Crippen molar-refractivity contribution in [1.29, 1.82) is 0 Å². The first-order chi connectivity index (χ1) is 13.0. The number of hydrogen-bond acceptors (Lipinski definition) is 4. The largest absolute Gasteiger partial charge is 0.495 e. The summed E-state index contributed by atoms with van der Waals surface area (Å²) >= 11 is 9.66. The van der Waals surface area contributed by atoms with E-state index >= 15 is 0 Å². The summed E-state index contributed by atoms with van der Waals surface area (Å²) in [6.45, 7) is 0. The number of rotatable bonds is 5. The van der Waals surface area contributed by atoms with E-state index in [1.54, 1.807) is 18.2 Å². The van der Waals surface area contributed by atoms with Gasteiger partial charge in [0.05, 0.1) is 42.1 Å². The standard InChI is InChI=1S/C20H17BrClNO4/c1-25-16-10-15(17(26-2)9-14(16)22)23-20(24)13-8-11-6-4-5-7-12(11)18(21)19(13)27-3/h4-10H,1-3H3,(H,23,24). The van der Waals surface area contributed by atoms with E-state index in [4.69, 9.17) is 25.8 Å². The number of fused-ring (bicyclic) bond motifs is 1. The highest BCUT2D eigenvalue weighted by atomic mass is 79.9. The summed E-state index contributed by atoms with van der Waals surface area (Å²) < 4.78 is 16.7. The molecule has 5 nitrogen and oxygen atoms in total. The third kappa shape index (κ3) is 3.68. The van der Waals surface area contributed by atoms with Crippen molar-refractivity contribution < 1.29 is 19.0 Å². The Labute approximate surface area is 170 Å². The maximum atomic E-state index is 13.0. The minimum atomic E-state index is -0.346. The second kappa shape index (κ2) is 8.06. The average molecular weight is 451 g/mol. The normalized spacial score (nSPS) is 10.6. The lowest BCUT2D eigenvalue weighted by Gasteiger charge is -2.16. The highest BCUT2D eigenvalue weighted by Crippen LogP contribution is 2.39. The Morgan fingerprint density at radius 1 is 1.00 bits per heavy atom. The van der Waals surface area contributed by atoms with Crippen molar-refractivity contribution in [3.63, 3.8) is 0 Å². The van der Waals surface area contributed by atoms with Gasteiger partial charge in [0.2, 0.25) is 0 Å². The number of carbonyl (C=O) groups is 1. The predicted molar refractivity (Wildman–Crippen MR) is 111 cm³/mol. The van der Waals surface area contributed by atoms with E-state index < -0.39 is 0 Å². The molecule has 27 heavy (non-hydrogen) atoms. The van der Waals surface area contributed by atoms with E-state index in [0.717, 1.165) is 10.8 Å². The van der Waals surface area contributed by atoms with Crippen LogP contribution < -0.4 is 19.5 Å². The third-order valence-corrected chi connectivity index (χ3v) is 5.19. The highest BCUT2D eigenvalue weighted by Gasteiger charge is 2.20. The minimum absolute atomic E-state index is 0.346. The molecule has 0 spiro atoms. The number of ether oxygens (including phenoxy) is 3. The molecule has 3 aromatic carbocycles. The lowest BCUT2D eigenvalue weighted by atomic mass is 10.0. The molecule has 0 atom stereocenters. The Kier molecular flexibility index (Phi) is 5.77. The summed E-state index contributed by atoms with van der Waals surface area (Å²) in [5.41, 5.74) is 0.828. The van der Waals surface area contributed by atoms with Crippen LogP contribution in [-0.2, 0) is 0 Å². The van der Waals surface area contributed by atoms with Gasteiger partial charge in [0.1, 0.15) is 17.2 Å².